The zero-order valence-electron chi connectivity index (χ0n) is 5.15. The number of rotatable bonds is 3. The molecule has 0 aromatic rings. The van der Waals surface area contributed by atoms with Crippen molar-refractivity contribution < 1.29 is 4.79 Å². The van der Waals surface area contributed by atoms with Crippen LogP contribution in [0.25, 0.3) is 0 Å². The van der Waals surface area contributed by atoms with Crippen LogP contribution in [0.5, 0.6) is 0 Å². The summed E-state index contributed by atoms with van der Waals surface area (Å²) in [6, 6.07) is 1.66. The van der Waals surface area contributed by atoms with Gasteiger partial charge in [0.15, 0.2) is 4.33 Å². The summed E-state index contributed by atoms with van der Waals surface area (Å²) in [7, 11) is 0. The van der Waals surface area contributed by atoms with Gasteiger partial charge in [0.05, 0.1) is 6.07 Å². The molecule has 6 heteroatoms. The summed E-state index contributed by atoms with van der Waals surface area (Å²) in [5, 5.41) is 6.39. The molecule has 0 rings (SSSR count). The second-order valence-electron chi connectivity index (χ2n) is 1.78. The highest BCUT2D eigenvalue weighted by Gasteiger charge is 2.34. The fraction of sp³-hybridized carbons (Fsp3) is 0.600. The van der Waals surface area contributed by atoms with Crippen molar-refractivity contribution in [2.45, 2.75) is 16.1 Å². The second-order valence-corrected chi connectivity index (χ2v) is 4.13. The highest BCUT2D eigenvalue weighted by Crippen LogP contribution is 2.30. The lowest BCUT2D eigenvalue weighted by Crippen LogP contribution is -2.24. The third-order valence-electron chi connectivity index (χ3n) is 0.863. The van der Waals surface area contributed by atoms with Gasteiger partial charge in [0, 0.05) is 6.42 Å². The van der Waals surface area contributed by atoms with Gasteiger partial charge in [-0.2, -0.15) is 5.26 Å². The van der Waals surface area contributed by atoms with Crippen molar-refractivity contribution in [2.24, 2.45) is 0 Å². The summed E-state index contributed by atoms with van der Waals surface area (Å²) in [6.45, 7) is 0. The van der Waals surface area contributed by atoms with Crippen molar-refractivity contribution in [1.29, 1.82) is 5.26 Å². The summed E-state index contributed by atoms with van der Waals surface area (Å²) in [5.74, 6) is 0. The number of alkyl halides is 3. The number of halogens is 4. The Kier molecular flexibility index (Phi) is 4.50. The van der Waals surface area contributed by atoms with E-state index in [-0.39, 0.29) is 6.42 Å². The van der Waals surface area contributed by atoms with Crippen molar-refractivity contribution in [1.82, 2.24) is 0 Å². The Hall–Kier alpha value is 0.320. The van der Waals surface area contributed by atoms with E-state index in [0.29, 0.717) is 0 Å². The Balaban J connectivity index is 4.15. The zero-order valence-corrected chi connectivity index (χ0v) is 8.18. The maximum absolute atomic E-state index is 10.5. The molecular weight excluding hydrogens is 232 g/mol. The van der Waals surface area contributed by atoms with Crippen LogP contribution in [-0.4, -0.2) is 15.0 Å². The number of hydrogen-bond donors (Lipinski definition) is 0. The molecule has 0 aromatic heterocycles. The molecular formula is C5H3Cl4NO. The summed E-state index contributed by atoms with van der Waals surface area (Å²) < 4.78 is -1.76. The maximum atomic E-state index is 10.5. The van der Waals surface area contributed by atoms with Gasteiger partial charge in [-0.3, -0.25) is 4.79 Å². The Morgan fingerprint density at radius 1 is 1.64 bits per heavy atom. The molecule has 1 unspecified atom stereocenters. The Bertz CT molecular complexity index is 197. The molecule has 0 saturated heterocycles. The van der Waals surface area contributed by atoms with Crippen molar-refractivity contribution in [3.05, 3.63) is 0 Å². The molecule has 2 nitrogen and oxygen atoms in total. The van der Waals surface area contributed by atoms with E-state index in [0.717, 1.165) is 0 Å². The van der Waals surface area contributed by atoms with Crippen LogP contribution in [0.2, 0.25) is 0 Å². The van der Waals surface area contributed by atoms with E-state index in [2.05, 4.69) is 0 Å². The van der Waals surface area contributed by atoms with Crippen LogP contribution >= 0.6 is 46.4 Å². The van der Waals surface area contributed by atoms with Crippen molar-refractivity contribution in [2.75, 3.05) is 0 Å². The fourth-order valence-electron chi connectivity index (χ4n) is 0.351. The molecule has 0 N–H and O–H groups in total. The smallest absolute Gasteiger partial charge is 0.257 e. The summed E-state index contributed by atoms with van der Waals surface area (Å²) in [4.78, 5) is 10.5. The molecule has 0 spiro atoms. The monoisotopic (exact) mass is 233 g/mol. The third-order valence-corrected chi connectivity index (χ3v) is 2.28. The van der Waals surface area contributed by atoms with E-state index in [4.69, 9.17) is 51.7 Å². The lowest BCUT2D eigenvalue weighted by atomic mass is 10.2. The Labute approximate surface area is 84.0 Å². The average Bonchev–Trinajstić information content (AvgIpc) is 1.86. The average molecular weight is 235 g/mol. The van der Waals surface area contributed by atoms with Crippen molar-refractivity contribution >= 4 is 51.6 Å². The number of carbonyl (C=O) groups excluding carboxylic acids is 1. The van der Waals surface area contributed by atoms with Crippen molar-refractivity contribution in [3.8, 4) is 6.07 Å². The van der Waals surface area contributed by atoms with Gasteiger partial charge < -0.3 is 0 Å². The minimum Gasteiger partial charge on any atom is -0.278 e. The van der Waals surface area contributed by atoms with E-state index in [1.54, 1.807) is 6.07 Å². The molecule has 0 aliphatic carbocycles. The topological polar surface area (TPSA) is 40.9 Å². The van der Waals surface area contributed by atoms with Crippen LogP contribution in [0, 0.1) is 11.3 Å². The summed E-state index contributed by atoms with van der Waals surface area (Å²) >= 11 is 21.1. The predicted octanol–water partition coefficient (Wildman–Crippen LogP) is 2.45. The minimum absolute atomic E-state index is 0.184. The van der Waals surface area contributed by atoms with Gasteiger partial charge in [-0.15, -0.1) is 11.6 Å². The maximum Gasteiger partial charge on any atom is 0.257 e. The molecule has 0 fully saturated rings. The van der Waals surface area contributed by atoms with Gasteiger partial charge in [-0.05, 0) is 11.6 Å². The summed E-state index contributed by atoms with van der Waals surface area (Å²) in [6.07, 6.45) is -0.184. The first-order chi connectivity index (χ1) is 4.90. The molecule has 0 aliphatic rings. The van der Waals surface area contributed by atoms with Gasteiger partial charge in [-0.1, -0.05) is 23.2 Å². The standard InChI is InChI=1S/C5H3Cl4NO/c6-3(2-10)1-5(8,9)4(7)11/h3H,1H2. The highest BCUT2D eigenvalue weighted by atomic mass is 35.5. The largest absolute Gasteiger partial charge is 0.278 e. The zero-order chi connectivity index (χ0) is 9.07. The number of carbonyl (C=O) groups is 1. The van der Waals surface area contributed by atoms with Gasteiger partial charge in [0.25, 0.3) is 5.24 Å². The van der Waals surface area contributed by atoms with Crippen LogP contribution in [-0.2, 0) is 4.79 Å². The SMILES string of the molecule is N#CC(Cl)CC(Cl)(Cl)C(=O)Cl. The lowest BCUT2D eigenvalue weighted by molar-refractivity contribution is -0.112. The lowest BCUT2D eigenvalue weighted by Gasteiger charge is -2.13. The number of hydrogen-bond acceptors (Lipinski definition) is 2. The van der Waals surface area contributed by atoms with Gasteiger partial charge in [0.2, 0.25) is 0 Å². The van der Waals surface area contributed by atoms with Crippen LogP contribution in [0.4, 0.5) is 0 Å². The first-order valence-corrected chi connectivity index (χ1v) is 4.08. The quantitative estimate of drug-likeness (QED) is 0.556. The Morgan fingerprint density at radius 2 is 2.09 bits per heavy atom. The van der Waals surface area contributed by atoms with E-state index < -0.39 is 15.0 Å². The number of nitrogens with zero attached hydrogens (tertiary/aromatic N) is 1. The highest BCUT2D eigenvalue weighted by molar-refractivity contribution is 6.78. The molecule has 0 radical (unpaired) electrons. The Morgan fingerprint density at radius 3 is 2.36 bits per heavy atom. The van der Waals surface area contributed by atoms with Crippen LogP contribution in [0.15, 0.2) is 0 Å². The molecule has 0 saturated carbocycles. The molecule has 0 aromatic carbocycles. The van der Waals surface area contributed by atoms with Gasteiger partial charge in [0.1, 0.15) is 5.38 Å². The molecule has 11 heavy (non-hydrogen) atoms. The fourth-order valence-corrected chi connectivity index (χ4v) is 1.13. The predicted molar refractivity (Wildman–Crippen MR) is 45.2 cm³/mol. The van der Waals surface area contributed by atoms with Crippen LogP contribution in [0.1, 0.15) is 6.42 Å². The molecule has 0 heterocycles. The molecule has 62 valence electrons. The third kappa shape index (κ3) is 4.03. The summed E-state index contributed by atoms with van der Waals surface area (Å²) in [5.41, 5.74) is 0. The van der Waals surface area contributed by atoms with E-state index >= 15 is 0 Å². The van der Waals surface area contributed by atoms with E-state index in [9.17, 15) is 4.79 Å². The molecule has 0 bridgehead atoms. The molecule has 0 amide bonds. The minimum atomic E-state index is -1.76. The van der Waals surface area contributed by atoms with Crippen molar-refractivity contribution in [3.63, 3.8) is 0 Å². The van der Waals surface area contributed by atoms with Gasteiger partial charge in [-0.25, -0.2) is 0 Å². The van der Waals surface area contributed by atoms with Crippen LogP contribution in [0.3, 0.4) is 0 Å². The normalized spacial score (nSPS) is 13.7. The number of nitriles is 1. The first kappa shape index (κ1) is 11.3. The molecule has 1 atom stereocenters. The van der Waals surface area contributed by atoms with Crippen LogP contribution < -0.4 is 0 Å². The second kappa shape index (κ2) is 4.37. The molecule has 0 aliphatic heterocycles. The van der Waals surface area contributed by atoms with Gasteiger partial charge >= 0.3 is 0 Å². The first-order valence-electron chi connectivity index (χ1n) is 2.51. The van der Waals surface area contributed by atoms with E-state index in [1.165, 1.54) is 0 Å². The van der Waals surface area contributed by atoms with E-state index in [1.807, 2.05) is 0 Å².